The van der Waals surface area contributed by atoms with Crippen LogP contribution >= 0.6 is 0 Å². The van der Waals surface area contributed by atoms with Crippen molar-refractivity contribution in [2.75, 3.05) is 5.73 Å². The van der Waals surface area contributed by atoms with Gasteiger partial charge < -0.3 is 10.5 Å². The molecular weight excluding hydrogens is 250 g/mol. The van der Waals surface area contributed by atoms with Gasteiger partial charge in [-0.05, 0) is 54.7 Å². The van der Waals surface area contributed by atoms with Gasteiger partial charge in [-0.15, -0.1) is 0 Å². The maximum absolute atomic E-state index is 12.2. The fourth-order valence-electron chi connectivity index (χ4n) is 2.65. The monoisotopic (exact) mass is 267 g/mol. The van der Waals surface area contributed by atoms with Crippen molar-refractivity contribution in [1.82, 2.24) is 0 Å². The van der Waals surface area contributed by atoms with Crippen LogP contribution < -0.4 is 5.73 Å². The van der Waals surface area contributed by atoms with Crippen LogP contribution in [0.5, 0.6) is 0 Å². The molecular formula is C17H17NO2. The van der Waals surface area contributed by atoms with Gasteiger partial charge in [0.25, 0.3) is 0 Å². The molecule has 3 heteroatoms. The minimum atomic E-state index is -0.285. The molecule has 0 aromatic heterocycles. The predicted octanol–water partition coefficient (Wildman–Crippen LogP) is 3.50. The number of aryl methyl sites for hydroxylation is 1. The average Bonchev–Trinajstić information content (AvgIpc) is 2.48. The molecule has 0 aliphatic heterocycles. The lowest BCUT2D eigenvalue weighted by atomic mass is 9.89. The summed E-state index contributed by atoms with van der Waals surface area (Å²) in [5, 5.41) is 0. The number of hydrogen-bond acceptors (Lipinski definition) is 3. The van der Waals surface area contributed by atoms with Crippen molar-refractivity contribution in [3.05, 3.63) is 65.2 Å². The van der Waals surface area contributed by atoms with Gasteiger partial charge in [-0.1, -0.05) is 24.3 Å². The van der Waals surface area contributed by atoms with E-state index in [9.17, 15) is 4.79 Å². The van der Waals surface area contributed by atoms with E-state index in [0.29, 0.717) is 11.3 Å². The van der Waals surface area contributed by atoms with Crippen molar-refractivity contribution in [2.24, 2.45) is 0 Å². The number of ether oxygens (including phenoxy) is 1. The highest BCUT2D eigenvalue weighted by Crippen LogP contribution is 2.32. The van der Waals surface area contributed by atoms with Crippen molar-refractivity contribution in [2.45, 2.75) is 25.4 Å². The summed E-state index contributed by atoms with van der Waals surface area (Å²) >= 11 is 0. The molecule has 0 spiro atoms. The van der Waals surface area contributed by atoms with Crippen molar-refractivity contribution in [1.29, 1.82) is 0 Å². The van der Waals surface area contributed by atoms with E-state index in [0.717, 1.165) is 24.8 Å². The van der Waals surface area contributed by atoms with Gasteiger partial charge >= 0.3 is 5.97 Å². The van der Waals surface area contributed by atoms with E-state index in [2.05, 4.69) is 12.1 Å². The third-order valence-corrected chi connectivity index (χ3v) is 3.71. The molecule has 102 valence electrons. The van der Waals surface area contributed by atoms with E-state index in [4.69, 9.17) is 10.5 Å². The first-order chi connectivity index (χ1) is 9.74. The Balaban J connectivity index is 1.79. The predicted molar refractivity (Wildman–Crippen MR) is 78.4 cm³/mol. The first-order valence-corrected chi connectivity index (χ1v) is 6.88. The Labute approximate surface area is 118 Å². The van der Waals surface area contributed by atoms with Gasteiger partial charge in [-0.2, -0.15) is 0 Å². The van der Waals surface area contributed by atoms with Crippen LogP contribution in [0.1, 0.15) is 40.4 Å². The molecule has 3 rings (SSSR count). The van der Waals surface area contributed by atoms with Crippen molar-refractivity contribution in [3.8, 4) is 0 Å². The number of rotatable bonds is 2. The smallest absolute Gasteiger partial charge is 0.338 e. The maximum atomic E-state index is 12.2. The highest BCUT2D eigenvalue weighted by atomic mass is 16.5. The van der Waals surface area contributed by atoms with Gasteiger partial charge in [0.2, 0.25) is 0 Å². The Hall–Kier alpha value is -2.29. The molecule has 1 atom stereocenters. The summed E-state index contributed by atoms with van der Waals surface area (Å²) in [6, 6.07) is 15.0. The zero-order valence-corrected chi connectivity index (χ0v) is 11.2. The van der Waals surface area contributed by atoms with Crippen molar-refractivity contribution in [3.63, 3.8) is 0 Å². The van der Waals surface area contributed by atoms with Crippen LogP contribution in [0, 0.1) is 0 Å². The lowest BCUT2D eigenvalue weighted by Gasteiger charge is -2.25. The molecule has 0 saturated heterocycles. The van der Waals surface area contributed by atoms with Crippen LogP contribution in [0.3, 0.4) is 0 Å². The summed E-state index contributed by atoms with van der Waals surface area (Å²) in [7, 11) is 0. The number of anilines is 1. The van der Waals surface area contributed by atoms with Crippen LogP contribution in [0.4, 0.5) is 5.69 Å². The first-order valence-electron chi connectivity index (χ1n) is 6.88. The van der Waals surface area contributed by atoms with Gasteiger partial charge in [-0.3, -0.25) is 0 Å². The topological polar surface area (TPSA) is 52.3 Å². The first kappa shape index (κ1) is 12.7. The zero-order valence-electron chi connectivity index (χ0n) is 11.2. The quantitative estimate of drug-likeness (QED) is 0.669. The molecule has 2 N–H and O–H groups in total. The van der Waals surface area contributed by atoms with Crippen LogP contribution in [-0.2, 0) is 11.2 Å². The standard InChI is InChI=1S/C17H17NO2/c18-14-10-8-13(9-11-14)17(19)20-16-7-3-5-12-4-1-2-6-15(12)16/h1-2,4,6,8-11,16H,3,5,7,18H2. The zero-order chi connectivity index (χ0) is 13.9. The van der Waals surface area contributed by atoms with Crippen LogP contribution in [0.2, 0.25) is 0 Å². The van der Waals surface area contributed by atoms with E-state index < -0.39 is 0 Å². The summed E-state index contributed by atoms with van der Waals surface area (Å²) in [6.07, 6.45) is 2.87. The molecule has 1 aliphatic carbocycles. The Morgan fingerprint density at radius 2 is 1.85 bits per heavy atom. The molecule has 0 heterocycles. The Kier molecular flexibility index (Phi) is 3.42. The molecule has 2 aromatic carbocycles. The highest BCUT2D eigenvalue weighted by Gasteiger charge is 2.23. The largest absolute Gasteiger partial charge is 0.454 e. The maximum Gasteiger partial charge on any atom is 0.338 e. The number of benzene rings is 2. The van der Waals surface area contributed by atoms with Crippen molar-refractivity contribution >= 4 is 11.7 Å². The lowest BCUT2D eigenvalue weighted by molar-refractivity contribution is 0.0256. The third-order valence-electron chi connectivity index (χ3n) is 3.71. The second-order valence-electron chi connectivity index (χ2n) is 5.11. The van der Waals surface area contributed by atoms with E-state index in [-0.39, 0.29) is 12.1 Å². The van der Waals surface area contributed by atoms with E-state index in [1.54, 1.807) is 24.3 Å². The second-order valence-corrected chi connectivity index (χ2v) is 5.11. The minimum Gasteiger partial charge on any atom is -0.454 e. The average molecular weight is 267 g/mol. The van der Waals surface area contributed by atoms with Crippen LogP contribution in [0.15, 0.2) is 48.5 Å². The molecule has 2 aromatic rings. The Bertz CT molecular complexity index is 619. The number of esters is 1. The number of fused-ring (bicyclic) bond motifs is 1. The SMILES string of the molecule is Nc1ccc(C(=O)OC2CCCc3ccccc32)cc1. The second kappa shape index (κ2) is 5.37. The third kappa shape index (κ3) is 2.52. The Morgan fingerprint density at radius 1 is 1.10 bits per heavy atom. The van der Waals surface area contributed by atoms with Gasteiger partial charge in [0.15, 0.2) is 0 Å². The molecule has 0 bridgehead atoms. The number of nitrogens with two attached hydrogens (primary N) is 1. The van der Waals surface area contributed by atoms with E-state index >= 15 is 0 Å². The summed E-state index contributed by atoms with van der Waals surface area (Å²) in [6.45, 7) is 0. The Morgan fingerprint density at radius 3 is 2.65 bits per heavy atom. The summed E-state index contributed by atoms with van der Waals surface area (Å²) < 4.78 is 5.66. The molecule has 1 unspecified atom stereocenters. The number of carbonyl (C=O) groups is 1. The molecule has 3 nitrogen and oxygen atoms in total. The van der Waals surface area contributed by atoms with Gasteiger partial charge in [0.1, 0.15) is 6.10 Å². The molecule has 0 saturated carbocycles. The van der Waals surface area contributed by atoms with Gasteiger partial charge in [0, 0.05) is 5.69 Å². The molecule has 20 heavy (non-hydrogen) atoms. The van der Waals surface area contributed by atoms with Crippen LogP contribution in [0.25, 0.3) is 0 Å². The highest BCUT2D eigenvalue weighted by molar-refractivity contribution is 5.90. The number of hydrogen-bond donors (Lipinski definition) is 1. The fourth-order valence-corrected chi connectivity index (χ4v) is 2.65. The lowest BCUT2D eigenvalue weighted by Crippen LogP contribution is -2.16. The molecule has 0 radical (unpaired) electrons. The molecule has 0 amide bonds. The number of nitrogen functional groups attached to an aromatic ring is 1. The minimum absolute atomic E-state index is 0.134. The summed E-state index contributed by atoms with van der Waals surface area (Å²) in [5.41, 5.74) is 9.24. The van der Waals surface area contributed by atoms with Gasteiger partial charge in [0.05, 0.1) is 5.56 Å². The fraction of sp³-hybridized carbons (Fsp3) is 0.235. The van der Waals surface area contributed by atoms with E-state index in [1.807, 2.05) is 12.1 Å². The van der Waals surface area contributed by atoms with Gasteiger partial charge in [-0.25, -0.2) is 4.79 Å². The summed E-state index contributed by atoms with van der Waals surface area (Å²) in [4.78, 5) is 12.2. The summed E-state index contributed by atoms with van der Waals surface area (Å²) in [5.74, 6) is -0.285. The van der Waals surface area contributed by atoms with Crippen molar-refractivity contribution < 1.29 is 9.53 Å². The molecule has 1 aliphatic rings. The normalized spacial score (nSPS) is 17.3. The van der Waals surface area contributed by atoms with E-state index in [1.165, 1.54) is 5.56 Å². The number of carbonyl (C=O) groups excluding carboxylic acids is 1. The van der Waals surface area contributed by atoms with Crippen LogP contribution in [-0.4, -0.2) is 5.97 Å². The molecule has 0 fully saturated rings.